The molecule has 0 aromatic heterocycles. The topological polar surface area (TPSA) is 125 Å². The molecule has 124 valence electrons. The van der Waals surface area contributed by atoms with Crippen LogP contribution in [0.25, 0.3) is 0 Å². The van der Waals surface area contributed by atoms with E-state index in [0.717, 1.165) is 6.20 Å². The van der Waals surface area contributed by atoms with Gasteiger partial charge in [-0.25, -0.2) is 23.1 Å². The Hall–Kier alpha value is -2.39. The van der Waals surface area contributed by atoms with Crippen LogP contribution < -0.4 is 10.5 Å². The lowest BCUT2D eigenvalue weighted by molar-refractivity contribution is -0.222. The van der Waals surface area contributed by atoms with Gasteiger partial charge in [-0.2, -0.15) is 0 Å². The van der Waals surface area contributed by atoms with Gasteiger partial charge in [-0.1, -0.05) is 12.1 Å². The molecule has 1 saturated heterocycles. The first kappa shape index (κ1) is 17.0. The zero-order chi connectivity index (χ0) is 17.3. The molecule has 1 heterocycles. The van der Waals surface area contributed by atoms with Crippen molar-refractivity contribution in [3.63, 3.8) is 0 Å². The Balaban J connectivity index is 2.15. The Morgan fingerprint density at radius 2 is 1.83 bits per heavy atom. The minimum absolute atomic E-state index is 0.291. The van der Waals surface area contributed by atoms with E-state index >= 15 is 0 Å². The summed E-state index contributed by atoms with van der Waals surface area (Å²) >= 11 is 0. The molecule has 9 heteroatoms. The number of primary sulfonamides is 1. The van der Waals surface area contributed by atoms with Gasteiger partial charge in [-0.15, -0.1) is 0 Å². The van der Waals surface area contributed by atoms with Crippen LogP contribution >= 0.6 is 0 Å². The number of carbonyl (C=O) groups is 2. The van der Waals surface area contributed by atoms with Crippen LogP contribution in [-0.2, 0) is 34.8 Å². The highest BCUT2D eigenvalue weighted by Gasteiger charge is 2.38. The Labute approximate surface area is 133 Å². The fraction of sp³-hybridized carbons (Fsp3) is 0.286. The summed E-state index contributed by atoms with van der Waals surface area (Å²) in [6.45, 7) is 2.90. The van der Waals surface area contributed by atoms with E-state index in [1.807, 2.05) is 0 Å². The molecule has 1 aromatic rings. The molecule has 2 rings (SSSR count). The van der Waals surface area contributed by atoms with E-state index in [9.17, 15) is 18.0 Å². The van der Waals surface area contributed by atoms with Crippen molar-refractivity contribution in [1.82, 2.24) is 0 Å². The number of anilines is 1. The van der Waals surface area contributed by atoms with Crippen molar-refractivity contribution >= 4 is 27.6 Å². The quantitative estimate of drug-likeness (QED) is 0.467. The summed E-state index contributed by atoms with van der Waals surface area (Å²) in [5.41, 5.74) is 0.649. The average molecular weight is 340 g/mol. The van der Waals surface area contributed by atoms with Crippen LogP contribution in [0.15, 0.2) is 36.0 Å². The van der Waals surface area contributed by atoms with E-state index in [-0.39, 0.29) is 11.3 Å². The van der Waals surface area contributed by atoms with Gasteiger partial charge in [-0.3, -0.25) is 0 Å². The predicted octanol–water partition coefficient (Wildman–Crippen LogP) is 0.607. The van der Waals surface area contributed by atoms with Gasteiger partial charge in [0.25, 0.3) is 5.79 Å². The first-order valence-corrected chi connectivity index (χ1v) is 8.30. The molecule has 0 saturated carbocycles. The van der Waals surface area contributed by atoms with Gasteiger partial charge in [0.05, 0.1) is 5.75 Å². The highest BCUT2D eigenvalue weighted by molar-refractivity contribution is 7.88. The molecule has 0 unspecified atom stereocenters. The summed E-state index contributed by atoms with van der Waals surface area (Å²) in [5.74, 6) is -3.24. The second-order valence-electron chi connectivity index (χ2n) is 5.39. The molecule has 23 heavy (non-hydrogen) atoms. The minimum atomic E-state index is -3.65. The second-order valence-corrected chi connectivity index (χ2v) is 7.00. The average Bonchev–Trinajstić information content (AvgIpc) is 2.34. The predicted molar refractivity (Wildman–Crippen MR) is 81.2 cm³/mol. The van der Waals surface area contributed by atoms with Gasteiger partial charge in [0, 0.05) is 25.7 Å². The van der Waals surface area contributed by atoms with Gasteiger partial charge >= 0.3 is 11.9 Å². The highest BCUT2D eigenvalue weighted by atomic mass is 32.2. The van der Waals surface area contributed by atoms with Crippen molar-refractivity contribution < 1.29 is 27.5 Å². The smallest absolute Gasteiger partial charge is 0.350 e. The van der Waals surface area contributed by atoms with E-state index in [2.05, 4.69) is 5.32 Å². The van der Waals surface area contributed by atoms with Gasteiger partial charge in [0.2, 0.25) is 10.0 Å². The Bertz CT molecular complexity index is 760. The van der Waals surface area contributed by atoms with Crippen molar-refractivity contribution in [2.24, 2.45) is 5.14 Å². The van der Waals surface area contributed by atoms with Gasteiger partial charge in [-0.05, 0) is 17.7 Å². The lowest BCUT2D eigenvalue weighted by Crippen LogP contribution is -2.42. The van der Waals surface area contributed by atoms with Crippen LogP contribution in [0.1, 0.15) is 19.4 Å². The second kappa shape index (κ2) is 6.01. The Morgan fingerprint density at radius 1 is 1.22 bits per heavy atom. The number of hydrogen-bond acceptors (Lipinski definition) is 7. The summed E-state index contributed by atoms with van der Waals surface area (Å²) in [6.07, 6.45) is 1.15. The number of ether oxygens (including phenoxy) is 2. The maximum absolute atomic E-state index is 11.8. The van der Waals surface area contributed by atoms with Crippen LogP contribution in [0.2, 0.25) is 0 Å². The zero-order valence-electron chi connectivity index (χ0n) is 12.5. The van der Waals surface area contributed by atoms with Gasteiger partial charge < -0.3 is 14.8 Å². The molecule has 0 amide bonds. The zero-order valence-corrected chi connectivity index (χ0v) is 13.3. The monoisotopic (exact) mass is 340 g/mol. The van der Waals surface area contributed by atoms with Crippen LogP contribution in [0.4, 0.5) is 5.69 Å². The molecule has 1 aliphatic rings. The van der Waals surface area contributed by atoms with Crippen molar-refractivity contribution in [2.75, 3.05) is 5.32 Å². The number of rotatable bonds is 4. The molecule has 0 bridgehead atoms. The van der Waals surface area contributed by atoms with E-state index in [1.165, 1.54) is 19.9 Å². The molecular formula is C14H16N2O6S. The van der Waals surface area contributed by atoms with Crippen LogP contribution in [0.5, 0.6) is 0 Å². The highest BCUT2D eigenvalue weighted by Crippen LogP contribution is 2.22. The number of nitrogens with one attached hydrogen (secondary N) is 1. The van der Waals surface area contributed by atoms with E-state index in [0.29, 0.717) is 11.3 Å². The molecule has 0 aliphatic carbocycles. The van der Waals surface area contributed by atoms with Gasteiger partial charge in [0.1, 0.15) is 0 Å². The molecule has 3 N–H and O–H groups in total. The van der Waals surface area contributed by atoms with E-state index < -0.39 is 27.7 Å². The Morgan fingerprint density at radius 3 is 2.39 bits per heavy atom. The number of carbonyl (C=O) groups excluding carboxylic acids is 2. The lowest BCUT2D eigenvalue weighted by Gasteiger charge is -2.29. The van der Waals surface area contributed by atoms with Crippen LogP contribution in [-0.4, -0.2) is 26.1 Å². The molecule has 1 aromatic carbocycles. The number of esters is 2. The maximum atomic E-state index is 11.8. The third-order valence-corrected chi connectivity index (χ3v) is 3.53. The van der Waals surface area contributed by atoms with Crippen molar-refractivity contribution in [3.8, 4) is 0 Å². The minimum Gasteiger partial charge on any atom is -0.419 e. The van der Waals surface area contributed by atoms with Gasteiger partial charge in [0.15, 0.2) is 5.57 Å². The third kappa shape index (κ3) is 4.80. The third-order valence-electron chi connectivity index (χ3n) is 2.79. The lowest BCUT2D eigenvalue weighted by atomic mass is 10.2. The van der Waals surface area contributed by atoms with Crippen LogP contribution in [0, 0.1) is 0 Å². The van der Waals surface area contributed by atoms with E-state index in [1.54, 1.807) is 18.2 Å². The SMILES string of the molecule is CC1(C)OC(=O)C(=CNc2cccc(CS(N)(=O)=O)c2)C(=O)O1. The number of cyclic esters (lactones) is 2. The molecule has 0 atom stereocenters. The number of nitrogens with two attached hydrogens (primary N) is 1. The van der Waals surface area contributed by atoms with Crippen molar-refractivity contribution in [2.45, 2.75) is 25.4 Å². The first-order valence-electron chi connectivity index (χ1n) is 6.58. The molecule has 1 fully saturated rings. The Kier molecular flexibility index (Phi) is 4.44. The number of hydrogen-bond donors (Lipinski definition) is 2. The normalized spacial score (nSPS) is 17.3. The summed E-state index contributed by atoms with van der Waals surface area (Å²) in [4.78, 5) is 23.5. The van der Waals surface area contributed by atoms with E-state index in [4.69, 9.17) is 14.6 Å². The maximum Gasteiger partial charge on any atom is 0.350 e. The standard InChI is InChI=1S/C14H16N2O6S/c1-14(2)21-12(17)11(13(18)22-14)7-16-10-5-3-4-9(6-10)8-23(15,19)20/h3-7,16H,8H2,1-2H3,(H2,15,19,20). The van der Waals surface area contributed by atoms with Crippen molar-refractivity contribution in [1.29, 1.82) is 0 Å². The summed E-state index contributed by atoms with van der Waals surface area (Å²) in [6, 6.07) is 6.37. The summed E-state index contributed by atoms with van der Waals surface area (Å²) in [7, 11) is -3.65. The molecule has 0 radical (unpaired) electrons. The van der Waals surface area contributed by atoms with Crippen molar-refractivity contribution in [3.05, 3.63) is 41.6 Å². The fourth-order valence-electron chi connectivity index (χ4n) is 1.92. The van der Waals surface area contributed by atoms with Crippen LogP contribution in [0.3, 0.4) is 0 Å². The summed E-state index contributed by atoms with van der Waals surface area (Å²) < 4.78 is 32.1. The number of benzene rings is 1. The fourth-order valence-corrected chi connectivity index (χ4v) is 2.56. The molecule has 0 spiro atoms. The summed E-state index contributed by atoms with van der Waals surface area (Å²) in [5, 5.41) is 7.72. The first-order chi connectivity index (χ1) is 10.6. The number of sulfonamides is 1. The largest absolute Gasteiger partial charge is 0.419 e. The molecular weight excluding hydrogens is 324 g/mol. The molecule has 8 nitrogen and oxygen atoms in total. The molecule has 1 aliphatic heterocycles.